The van der Waals surface area contributed by atoms with Crippen molar-refractivity contribution in [1.29, 1.82) is 0 Å². The molecule has 31 heavy (non-hydrogen) atoms. The fourth-order valence-electron chi connectivity index (χ4n) is 2.81. The lowest BCUT2D eigenvalue weighted by Crippen LogP contribution is -2.25. The number of rotatable bonds is 8. The minimum atomic E-state index is -0.906. The number of hydrogen-bond donors (Lipinski definition) is 2. The molecule has 9 nitrogen and oxygen atoms in total. The number of aryl methyl sites for hydroxylation is 1. The summed E-state index contributed by atoms with van der Waals surface area (Å²) in [5.74, 6) is -0.910. The lowest BCUT2D eigenvalue weighted by Gasteiger charge is -2.11. The van der Waals surface area contributed by atoms with E-state index in [1.807, 2.05) is 18.7 Å². The van der Waals surface area contributed by atoms with Crippen molar-refractivity contribution < 1.29 is 18.3 Å². The highest BCUT2D eigenvalue weighted by atomic mass is 35.5. The largest absolute Gasteiger partial charge is 0.450 e. The van der Waals surface area contributed by atoms with Crippen molar-refractivity contribution in [3.05, 3.63) is 40.7 Å². The van der Waals surface area contributed by atoms with Gasteiger partial charge in [-0.3, -0.25) is 0 Å². The molecule has 0 saturated carbocycles. The molecular formula is C19H22ClF2N7O2. The van der Waals surface area contributed by atoms with Gasteiger partial charge in [0.2, 0.25) is 5.95 Å². The maximum atomic E-state index is 13.8. The van der Waals surface area contributed by atoms with Crippen molar-refractivity contribution in [2.45, 2.75) is 25.9 Å². The Kier molecular flexibility index (Phi) is 7.06. The molecule has 0 spiro atoms. The van der Waals surface area contributed by atoms with Crippen LogP contribution in [0.4, 0.5) is 25.3 Å². The Bertz CT molecular complexity index is 1090. The number of ether oxygens (including phenoxy) is 1. The quantitative estimate of drug-likeness (QED) is 0.398. The molecule has 166 valence electrons. The Morgan fingerprint density at radius 1 is 1.29 bits per heavy atom. The number of unbranched alkanes of at least 4 members (excludes halogenated alkanes) is 1. The molecule has 0 aliphatic heterocycles. The van der Waals surface area contributed by atoms with Gasteiger partial charge in [-0.1, -0.05) is 11.6 Å². The first-order chi connectivity index (χ1) is 14.8. The van der Waals surface area contributed by atoms with Crippen LogP contribution in [0.5, 0.6) is 0 Å². The van der Waals surface area contributed by atoms with Gasteiger partial charge in [0.1, 0.15) is 17.2 Å². The van der Waals surface area contributed by atoms with Crippen LogP contribution in [0.3, 0.4) is 0 Å². The Balaban J connectivity index is 1.45. The zero-order valence-electron chi connectivity index (χ0n) is 17.0. The third-order valence-electron chi connectivity index (χ3n) is 4.45. The Morgan fingerprint density at radius 2 is 2.06 bits per heavy atom. The smallest absolute Gasteiger partial charge is 0.407 e. The second-order valence-electron chi connectivity index (χ2n) is 6.93. The molecular weight excluding hydrogens is 432 g/mol. The lowest BCUT2D eigenvalue weighted by atomic mass is 10.2. The number of imidazole rings is 1. The number of nitrogens with zero attached hydrogens (tertiary/aromatic N) is 5. The van der Waals surface area contributed by atoms with Gasteiger partial charge in [-0.2, -0.15) is 9.97 Å². The highest BCUT2D eigenvalue weighted by Crippen LogP contribution is 2.21. The number of alkyl carbamates (subject to hydrolysis) is 1. The van der Waals surface area contributed by atoms with Gasteiger partial charge in [-0.05, 0) is 25.0 Å². The van der Waals surface area contributed by atoms with Crippen LogP contribution >= 0.6 is 11.6 Å². The van der Waals surface area contributed by atoms with E-state index in [1.54, 1.807) is 11.2 Å². The zero-order valence-corrected chi connectivity index (χ0v) is 17.8. The molecule has 0 saturated heterocycles. The van der Waals surface area contributed by atoms with Crippen molar-refractivity contribution >= 4 is 40.6 Å². The van der Waals surface area contributed by atoms with Crippen LogP contribution in [-0.4, -0.2) is 46.3 Å². The SMILES string of the molecule is CN(C)c1nc(N)c2ncn(CCCCOC(=O)NCc3c(F)ccc(Cl)c3F)c2n1. The average molecular weight is 454 g/mol. The Morgan fingerprint density at radius 3 is 2.81 bits per heavy atom. The fourth-order valence-corrected chi connectivity index (χ4v) is 2.99. The van der Waals surface area contributed by atoms with Gasteiger partial charge in [0.25, 0.3) is 0 Å². The number of halogens is 3. The summed E-state index contributed by atoms with van der Waals surface area (Å²) in [6, 6.07) is 2.15. The summed E-state index contributed by atoms with van der Waals surface area (Å²) in [5.41, 5.74) is 6.77. The fraction of sp³-hybridized carbons (Fsp3) is 0.368. The average Bonchev–Trinajstić information content (AvgIpc) is 3.14. The predicted molar refractivity (Wildman–Crippen MR) is 113 cm³/mol. The van der Waals surface area contributed by atoms with Gasteiger partial charge in [0, 0.05) is 26.2 Å². The summed E-state index contributed by atoms with van der Waals surface area (Å²) in [4.78, 5) is 26.4. The van der Waals surface area contributed by atoms with E-state index in [4.69, 9.17) is 22.1 Å². The van der Waals surface area contributed by atoms with Crippen LogP contribution in [0.15, 0.2) is 18.5 Å². The standard InChI is InChI=1S/C19H22ClF2N7O2/c1-28(2)18-26-16(23)15-17(27-18)29(10-25-15)7-3-4-8-31-19(30)24-9-11-13(21)6-5-12(20)14(11)22/h5-6,10H,3-4,7-9H2,1-2H3,(H,24,30)(H2,23,26,27). The lowest BCUT2D eigenvalue weighted by molar-refractivity contribution is 0.143. The van der Waals surface area contributed by atoms with E-state index >= 15 is 0 Å². The first-order valence-corrected chi connectivity index (χ1v) is 9.84. The number of fused-ring (bicyclic) bond motifs is 1. The van der Waals surface area contributed by atoms with Crippen molar-refractivity contribution in [1.82, 2.24) is 24.8 Å². The van der Waals surface area contributed by atoms with Crippen LogP contribution in [0, 0.1) is 11.6 Å². The van der Waals surface area contributed by atoms with Crippen LogP contribution in [0.1, 0.15) is 18.4 Å². The zero-order chi connectivity index (χ0) is 22.5. The summed E-state index contributed by atoms with van der Waals surface area (Å²) in [5, 5.41) is 2.09. The first-order valence-electron chi connectivity index (χ1n) is 9.46. The third kappa shape index (κ3) is 5.29. The van der Waals surface area contributed by atoms with E-state index in [9.17, 15) is 13.6 Å². The van der Waals surface area contributed by atoms with Gasteiger partial charge in [-0.25, -0.2) is 18.6 Å². The van der Waals surface area contributed by atoms with E-state index in [0.29, 0.717) is 42.3 Å². The van der Waals surface area contributed by atoms with Gasteiger partial charge in [0.15, 0.2) is 11.5 Å². The second-order valence-corrected chi connectivity index (χ2v) is 7.34. The van der Waals surface area contributed by atoms with Gasteiger partial charge in [0.05, 0.1) is 24.5 Å². The molecule has 3 aromatic rings. The molecule has 3 N–H and O–H groups in total. The Labute approximate surface area is 182 Å². The number of amides is 1. The first kappa shape index (κ1) is 22.5. The molecule has 0 atom stereocenters. The van der Waals surface area contributed by atoms with E-state index in [-0.39, 0.29) is 23.7 Å². The van der Waals surface area contributed by atoms with Crippen molar-refractivity contribution in [3.63, 3.8) is 0 Å². The Hall–Kier alpha value is -3.21. The van der Waals surface area contributed by atoms with E-state index < -0.39 is 17.7 Å². The molecule has 12 heteroatoms. The normalized spacial score (nSPS) is 11.0. The highest BCUT2D eigenvalue weighted by molar-refractivity contribution is 6.30. The van der Waals surface area contributed by atoms with Crippen LogP contribution in [0.2, 0.25) is 5.02 Å². The van der Waals surface area contributed by atoms with Gasteiger partial charge in [-0.15, -0.1) is 0 Å². The third-order valence-corrected chi connectivity index (χ3v) is 4.75. The van der Waals surface area contributed by atoms with Crippen LogP contribution < -0.4 is 16.0 Å². The molecule has 0 aliphatic rings. The molecule has 2 heterocycles. The number of carbonyl (C=O) groups is 1. The summed E-state index contributed by atoms with van der Waals surface area (Å²) in [7, 11) is 3.64. The number of nitrogen functional groups attached to an aromatic ring is 1. The monoisotopic (exact) mass is 453 g/mol. The molecule has 1 aromatic carbocycles. The van der Waals surface area contributed by atoms with E-state index in [1.165, 1.54) is 0 Å². The summed E-state index contributed by atoms with van der Waals surface area (Å²) >= 11 is 5.62. The molecule has 3 rings (SSSR count). The van der Waals surface area contributed by atoms with Crippen molar-refractivity contribution in [2.75, 3.05) is 31.3 Å². The number of nitrogens with one attached hydrogen (secondary N) is 1. The predicted octanol–water partition coefficient (Wildman–Crippen LogP) is 3.11. The number of aromatic nitrogens is 4. The molecule has 2 aromatic heterocycles. The molecule has 0 aliphatic carbocycles. The molecule has 0 radical (unpaired) electrons. The highest BCUT2D eigenvalue weighted by Gasteiger charge is 2.14. The van der Waals surface area contributed by atoms with Crippen molar-refractivity contribution in [3.8, 4) is 0 Å². The number of benzene rings is 1. The molecule has 0 fully saturated rings. The maximum Gasteiger partial charge on any atom is 0.407 e. The van der Waals surface area contributed by atoms with Crippen LogP contribution in [0.25, 0.3) is 11.2 Å². The second kappa shape index (κ2) is 9.73. The summed E-state index contributed by atoms with van der Waals surface area (Å²) < 4.78 is 34.4. The van der Waals surface area contributed by atoms with Gasteiger partial charge < -0.3 is 25.3 Å². The van der Waals surface area contributed by atoms with E-state index in [2.05, 4.69) is 20.3 Å². The number of nitrogens with two attached hydrogens (primary N) is 1. The van der Waals surface area contributed by atoms with E-state index in [0.717, 1.165) is 12.1 Å². The van der Waals surface area contributed by atoms with Crippen molar-refractivity contribution in [2.24, 2.45) is 0 Å². The maximum absolute atomic E-state index is 13.8. The molecule has 0 unspecified atom stereocenters. The minimum Gasteiger partial charge on any atom is -0.450 e. The van der Waals surface area contributed by atoms with Gasteiger partial charge >= 0.3 is 6.09 Å². The molecule has 0 bridgehead atoms. The number of hydrogen-bond acceptors (Lipinski definition) is 7. The summed E-state index contributed by atoms with van der Waals surface area (Å²) in [6.45, 7) is 0.357. The summed E-state index contributed by atoms with van der Waals surface area (Å²) in [6.07, 6.45) is 2.10. The minimum absolute atomic E-state index is 0.138. The topological polar surface area (TPSA) is 111 Å². The molecule has 1 amide bonds. The number of anilines is 2. The number of carbonyl (C=O) groups excluding carboxylic acids is 1. The van der Waals surface area contributed by atoms with Crippen LogP contribution in [-0.2, 0) is 17.8 Å².